The summed E-state index contributed by atoms with van der Waals surface area (Å²) in [6, 6.07) is 21.7. The molecule has 4 aromatic rings. The molecule has 2 heterocycles. The molecule has 4 nitrogen and oxygen atoms in total. The van der Waals surface area contributed by atoms with E-state index in [1.54, 1.807) is 22.5 Å². The smallest absolute Gasteiger partial charge is 0.262 e. The average Bonchev–Trinajstić information content (AvgIpc) is 2.71. The molecule has 2 aromatic carbocycles. The number of nitrogens with zero attached hydrogens (tertiary/aromatic N) is 3. The normalized spacial score (nSPS) is 11.0. The number of hydrogen-bond donors (Lipinski definition) is 0. The zero-order valence-electron chi connectivity index (χ0n) is 15.0. The zero-order chi connectivity index (χ0) is 18.6. The third-order valence-electron chi connectivity index (χ3n) is 4.36. The van der Waals surface area contributed by atoms with Gasteiger partial charge in [-0.3, -0.25) is 14.3 Å². The van der Waals surface area contributed by atoms with E-state index >= 15 is 0 Å². The van der Waals surface area contributed by atoms with Crippen LogP contribution in [0.25, 0.3) is 10.9 Å². The van der Waals surface area contributed by atoms with Crippen molar-refractivity contribution < 1.29 is 0 Å². The van der Waals surface area contributed by atoms with Gasteiger partial charge >= 0.3 is 0 Å². The second-order valence-corrected chi connectivity index (χ2v) is 7.34. The van der Waals surface area contributed by atoms with Gasteiger partial charge in [-0.2, -0.15) is 0 Å². The number of thioether (sulfide) groups is 1. The number of fused-ring (bicyclic) bond motifs is 1. The van der Waals surface area contributed by atoms with Crippen molar-refractivity contribution in [2.75, 3.05) is 0 Å². The highest BCUT2D eigenvalue weighted by atomic mass is 32.2. The highest BCUT2D eigenvalue weighted by Gasteiger charge is 2.12. The second-order valence-electron chi connectivity index (χ2n) is 6.40. The van der Waals surface area contributed by atoms with Crippen LogP contribution in [0.15, 0.2) is 82.9 Å². The lowest BCUT2D eigenvalue weighted by molar-refractivity contribution is 0.646. The summed E-state index contributed by atoms with van der Waals surface area (Å²) in [6.07, 6.45) is 1.74. The molecule has 0 atom stereocenters. The molecule has 0 bridgehead atoms. The first-order valence-electron chi connectivity index (χ1n) is 8.78. The fourth-order valence-electron chi connectivity index (χ4n) is 2.88. The van der Waals surface area contributed by atoms with Crippen LogP contribution in [0.4, 0.5) is 0 Å². The molecule has 27 heavy (non-hydrogen) atoms. The lowest BCUT2D eigenvalue weighted by atomic mass is 10.2. The molecular formula is C22H19N3OS. The fourth-order valence-corrected chi connectivity index (χ4v) is 3.84. The molecule has 5 heteroatoms. The van der Waals surface area contributed by atoms with Gasteiger partial charge in [0.25, 0.3) is 5.56 Å². The maximum absolute atomic E-state index is 13.1. The highest BCUT2D eigenvalue weighted by molar-refractivity contribution is 7.98. The number of rotatable bonds is 5. The number of aromatic nitrogens is 3. The Morgan fingerprint density at radius 3 is 2.52 bits per heavy atom. The van der Waals surface area contributed by atoms with Crippen LogP contribution in [-0.2, 0) is 12.3 Å². The number of para-hydroxylation sites is 1. The van der Waals surface area contributed by atoms with Gasteiger partial charge in [-0.1, -0.05) is 59.8 Å². The summed E-state index contributed by atoms with van der Waals surface area (Å²) in [4.78, 5) is 22.2. The summed E-state index contributed by atoms with van der Waals surface area (Å²) < 4.78 is 1.73. The van der Waals surface area contributed by atoms with Gasteiger partial charge in [0.15, 0.2) is 5.16 Å². The van der Waals surface area contributed by atoms with Crippen LogP contribution in [0.3, 0.4) is 0 Å². The minimum absolute atomic E-state index is 0.0299. The minimum atomic E-state index is -0.0299. The average molecular weight is 373 g/mol. The van der Waals surface area contributed by atoms with E-state index in [0.29, 0.717) is 17.1 Å². The van der Waals surface area contributed by atoms with E-state index in [1.165, 1.54) is 11.1 Å². The van der Waals surface area contributed by atoms with E-state index in [1.807, 2.05) is 42.5 Å². The van der Waals surface area contributed by atoms with E-state index in [0.717, 1.165) is 17.0 Å². The van der Waals surface area contributed by atoms with Crippen LogP contribution in [0.1, 0.15) is 16.8 Å². The summed E-state index contributed by atoms with van der Waals surface area (Å²) in [5.74, 6) is 0.757. The summed E-state index contributed by atoms with van der Waals surface area (Å²) >= 11 is 1.58. The maximum Gasteiger partial charge on any atom is 0.262 e. The van der Waals surface area contributed by atoms with Gasteiger partial charge < -0.3 is 0 Å². The number of benzene rings is 2. The molecule has 0 aliphatic heterocycles. The van der Waals surface area contributed by atoms with E-state index < -0.39 is 0 Å². The van der Waals surface area contributed by atoms with Gasteiger partial charge in [0.1, 0.15) is 0 Å². The lowest BCUT2D eigenvalue weighted by Gasteiger charge is -2.13. The van der Waals surface area contributed by atoms with Crippen LogP contribution < -0.4 is 5.56 Å². The van der Waals surface area contributed by atoms with Gasteiger partial charge in [0, 0.05) is 11.9 Å². The van der Waals surface area contributed by atoms with Crippen LogP contribution in [0.2, 0.25) is 0 Å². The molecule has 0 fully saturated rings. The molecule has 0 N–H and O–H groups in total. The van der Waals surface area contributed by atoms with Crippen molar-refractivity contribution in [3.63, 3.8) is 0 Å². The van der Waals surface area contributed by atoms with E-state index in [4.69, 9.17) is 4.98 Å². The van der Waals surface area contributed by atoms with E-state index in [9.17, 15) is 4.79 Å². The van der Waals surface area contributed by atoms with Crippen LogP contribution >= 0.6 is 11.8 Å². The van der Waals surface area contributed by atoms with Crippen molar-refractivity contribution in [2.24, 2.45) is 0 Å². The minimum Gasteiger partial charge on any atom is -0.281 e. The predicted molar refractivity (Wildman–Crippen MR) is 110 cm³/mol. The second kappa shape index (κ2) is 7.76. The van der Waals surface area contributed by atoms with Crippen molar-refractivity contribution >= 4 is 22.7 Å². The zero-order valence-corrected chi connectivity index (χ0v) is 15.8. The van der Waals surface area contributed by atoms with Gasteiger partial charge in [-0.15, -0.1) is 0 Å². The first-order chi connectivity index (χ1) is 13.2. The number of hydrogen-bond acceptors (Lipinski definition) is 4. The molecule has 4 rings (SSSR count). The maximum atomic E-state index is 13.1. The van der Waals surface area contributed by atoms with E-state index in [-0.39, 0.29) is 5.56 Å². The lowest BCUT2D eigenvalue weighted by Crippen LogP contribution is -2.24. The molecular weight excluding hydrogens is 354 g/mol. The quantitative estimate of drug-likeness (QED) is 0.383. The van der Waals surface area contributed by atoms with Gasteiger partial charge in [0.2, 0.25) is 0 Å². The van der Waals surface area contributed by atoms with Crippen LogP contribution in [-0.4, -0.2) is 14.5 Å². The Labute approximate surface area is 161 Å². The topological polar surface area (TPSA) is 47.8 Å². The van der Waals surface area contributed by atoms with Crippen LogP contribution in [0.5, 0.6) is 0 Å². The van der Waals surface area contributed by atoms with Crippen molar-refractivity contribution in [2.45, 2.75) is 24.4 Å². The summed E-state index contributed by atoms with van der Waals surface area (Å²) in [5, 5.41) is 1.35. The van der Waals surface area contributed by atoms with Crippen molar-refractivity contribution in [1.29, 1.82) is 0 Å². The molecule has 0 aliphatic rings. The Hall–Kier alpha value is -2.92. The standard InChI is InChI=1S/C22H19N3OS/c1-16-9-11-17(12-10-16)15-27-22-24-20-8-3-2-7-19(20)21(26)25(22)14-18-6-4-5-13-23-18/h2-13H,14-15H2,1H3. The Balaban J connectivity index is 1.73. The molecule has 0 saturated heterocycles. The molecule has 0 aliphatic carbocycles. The van der Waals surface area contributed by atoms with Crippen molar-refractivity contribution in [1.82, 2.24) is 14.5 Å². The van der Waals surface area contributed by atoms with Crippen LogP contribution in [0, 0.1) is 6.92 Å². The monoisotopic (exact) mass is 373 g/mol. The molecule has 0 spiro atoms. The number of pyridine rings is 1. The predicted octanol–water partition coefficient (Wildman–Crippen LogP) is 4.44. The summed E-state index contributed by atoms with van der Waals surface area (Å²) in [7, 11) is 0. The molecule has 0 radical (unpaired) electrons. The molecule has 0 amide bonds. The third-order valence-corrected chi connectivity index (χ3v) is 5.41. The molecule has 0 unspecified atom stereocenters. The fraction of sp³-hybridized carbons (Fsp3) is 0.136. The largest absolute Gasteiger partial charge is 0.281 e. The molecule has 134 valence electrons. The van der Waals surface area contributed by atoms with Gasteiger partial charge in [0.05, 0.1) is 23.1 Å². The Morgan fingerprint density at radius 1 is 0.963 bits per heavy atom. The van der Waals surface area contributed by atoms with Crippen molar-refractivity contribution in [3.8, 4) is 0 Å². The van der Waals surface area contributed by atoms with Crippen molar-refractivity contribution in [3.05, 3.63) is 100 Å². The number of aryl methyl sites for hydroxylation is 1. The summed E-state index contributed by atoms with van der Waals surface area (Å²) in [6.45, 7) is 2.49. The Bertz CT molecular complexity index is 1120. The van der Waals surface area contributed by atoms with E-state index in [2.05, 4.69) is 36.2 Å². The highest BCUT2D eigenvalue weighted by Crippen LogP contribution is 2.23. The molecule has 0 saturated carbocycles. The first kappa shape index (κ1) is 17.5. The first-order valence-corrected chi connectivity index (χ1v) is 9.77. The summed E-state index contributed by atoms with van der Waals surface area (Å²) in [5.41, 5.74) is 3.98. The molecule has 2 aromatic heterocycles. The Morgan fingerprint density at radius 2 is 1.74 bits per heavy atom. The van der Waals surface area contributed by atoms with Gasteiger partial charge in [-0.05, 0) is 36.8 Å². The SMILES string of the molecule is Cc1ccc(CSc2nc3ccccc3c(=O)n2Cc2ccccn2)cc1. The Kier molecular flexibility index (Phi) is 5.03. The van der Waals surface area contributed by atoms with Gasteiger partial charge in [-0.25, -0.2) is 4.98 Å². The third kappa shape index (κ3) is 3.93.